The fraction of sp³-hybridized carbons (Fsp3) is 0.294. The molecule has 0 aliphatic heterocycles. The summed E-state index contributed by atoms with van der Waals surface area (Å²) in [5.41, 5.74) is 2.33. The van der Waals surface area contributed by atoms with Crippen LogP contribution in [-0.4, -0.2) is 21.5 Å². The lowest BCUT2D eigenvalue weighted by molar-refractivity contribution is 0.383. The van der Waals surface area contributed by atoms with Gasteiger partial charge in [-0.05, 0) is 40.4 Å². The Hall–Kier alpha value is -2.02. The van der Waals surface area contributed by atoms with Gasteiger partial charge < -0.3 is 4.74 Å². The maximum Gasteiger partial charge on any atom is 0.167 e. The Morgan fingerprint density at radius 1 is 1.17 bits per heavy atom. The van der Waals surface area contributed by atoms with Crippen molar-refractivity contribution >= 4 is 21.4 Å². The Kier molecular flexibility index (Phi) is 4.80. The molecule has 0 N–H and O–H groups in total. The van der Waals surface area contributed by atoms with Crippen LogP contribution in [0, 0.1) is 11.6 Å². The number of nitrogens with zero attached hydrogens (tertiary/aromatic N) is 3. The Balaban J connectivity index is 1.92. The van der Waals surface area contributed by atoms with Crippen LogP contribution in [-0.2, 0) is 19.3 Å². The number of imidazole rings is 1. The van der Waals surface area contributed by atoms with Crippen molar-refractivity contribution in [2.24, 2.45) is 0 Å². The molecule has 4 nitrogen and oxygen atoms in total. The molecule has 7 heteroatoms. The molecule has 0 amide bonds. The van der Waals surface area contributed by atoms with Crippen molar-refractivity contribution in [3.05, 3.63) is 57.8 Å². The van der Waals surface area contributed by atoms with Gasteiger partial charge in [0.05, 0.1) is 22.8 Å². The molecular weight excluding hydrogens is 380 g/mol. The van der Waals surface area contributed by atoms with Gasteiger partial charge in [-0.15, -0.1) is 0 Å². The molecule has 0 saturated carbocycles. The van der Waals surface area contributed by atoms with Crippen LogP contribution in [0.3, 0.4) is 0 Å². The minimum atomic E-state index is -0.704. The van der Waals surface area contributed by atoms with Gasteiger partial charge >= 0.3 is 0 Å². The van der Waals surface area contributed by atoms with Gasteiger partial charge in [0.2, 0.25) is 0 Å². The SMILES string of the molecule is CCc1ncn2c(CCc3cc(OC)c(F)cc3F)ncc(Br)c12. The number of fused-ring (bicyclic) bond motifs is 1. The van der Waals surface area contributed by atoms with E-state index in [0.717, 1.165) is 34.0 Å². The van der Waals surface area contributed by atoms with Crippen molar-refractivity contribution in [2.75, 3.05) is 7.11 Å². The number of halogens is 3. The molecule has 0 fully saturated rings. The number of benzene rings is 1. The van der Waals surface area contributed by atoms with Crippen LogP contribution in [0.5, 0.6) is 5.75 Å². The van der Waals surface area contributed by atoms with Gasteiger partial charge in [0.15, 0.2) is 11.6 Å². The predicted molar refractivity (Wildman–Crippen MR) is 90.4 cm³/mol. The minimum Gasteiger partial charge on any atom is -0.494 e. The summed E-state index contributed by atoms with van der Waals surface area (Å²) in [7, 11) is 1.36. The van der Waals surface area contributed by atoms with E-state index in [-0.39, 0.29) is 5.75 Å². The van der Waals surface area contributed by atoms with Crippen molar-refractivity contribution in [3.63, 3.8) is 0 Å². The van der Waals surface area contributed by atoms with E-state index in [1.165, 1.54) is 13.2 Å². The highest BCUT2D eigenvalue weighted by molar-refractivity contribution is 9.10. The quantitative estimate of drug-likeness (QED) is 0.651. The topological polar surface area (TPSA) is 39.4 Å². The first-order valence-corrected chi connectivity index (χ1v) is 8.35. The Morgan fingerprint density at radius 2 is 1.96 bits per heavy atom. The van der Waals surface area contributed by atoms with E-state index in [9.17, 15) is 8.78 Å². The van der Waals surface area contributed by atoms with E-state index in [1.54, 1.807) is 12.5 Å². The number of aryl methyl sites for hydroxylation is 3. The standard InChI is InChI=1S/C17H16BrF2N3O/c1-3-14-17-11(18)8-21-16(23(17)9-22-14)5-4-10-6-15(24-2)13(20)7-12(10)19/h6-9H,3-5H2,1-2H3. The first kappa shape index (κ1) is 16.8. The van der Waals surface area contributed by atoms with Crippen LogP contribution in [0.25, 0.3) is 5.52 Å². The summed E-state index contributed by atoms with van der Waals surface area (Å²) in [5, 5.41) is 0. The lowest BCUT2D eigenvalue weighted by Crippen LogP contribution is -2.04. The summed E-state index contributed by atoms with van der Waals surface area (Å²) in [5.74, 6) is -0.481. The molecule has 24 heavy (non-hydrogen) atoms. The first-order valence-electron chi connectivity index (χ1n) is 7.56. The summed E-state index contributed by atoms with van der Waals surface area (Å²) in [6.07, 6.45) is 5.14. The van der Waals surface area contributed by atoms with E-state index in [4.69, 9.17) is 4.74 Å². The first-order chi connectivity index (χ1) is 11.5. The fourth-order valence-corrected chi connectivity index (χ4v) is 3.22. The van der Waals surface area contributed by atoms with E-state index in [0.29, 0.717) is 18.4 Å². The number of hydrogen-bond donors (Lipinski definition) is 0. The Bertz CT molecular complexity index is 895. The van der Waals surface area contributed by atoms with Crippen LogP contribution in [0.2, 0.25) is 0 Å². The molecule has 0 radical (unpaired) electrons. The highest BCUT2D eigenvalue weighted by Gasteiger charge is 2.14. The minimum absolute atomic E-state index is 0.0382. The van der Waals surface area contributed by atoms with Crippen molar-refractivity contribution in [1.29, 1.82) is 0 Å². The van der Waals surface area contributed by atoms with Gasteiger partial charge in [0, 0.05) is 18.7 Å². The Morgan fingerprint density at radius 3 is 2.67 bits per heavy atom. The smallest absolute Gasteiger partial charge is 0.167 e. The molecule has 0 atom stereocenters. The zero-order chi connectivity index (χ0) is 17.3. The zero-order valence-corrected chi connectivity index (χ0v) is 14.9. The highest BCUT2D eigenvalue weighted by Crippen LogP contribution is 2.24. The second-order valence-corrected chi connectivity index (χ2v) is 6.22. The summed E-state index contributed by atoms with van der Waals surface area (Å²) in [4.78, 5) is 8.80. The molecule has 2 heterocycles. The lowest BCUT2D eigenvalue weighted by atomic mass is 10.1. The van der Waals surface area contributed by atoms with Crippen LogP contribution in [0.4, 0.5) is 8.78 Å². The maximum atomic E-state index is 14.0. The van der Waals surface area contributed by atoms with E-state index in [1.807, 2.05) is 11.3 Å². The molecule has 1 aromatic carbocycles. The van der Waals surface area contributed by atoms with Crippen LogP contribution >= 0.6 is 15.9 Å². The van der Waals surface area contributed by atoms with Gasteiger partial charge in [0.1, 0.15) is 18.0 Å². The average molecular weight is 396 g/mol. The second kappa shape index (κ2) is 6.84. The summed E-state index contributed by atoms with van der Waals surface area (Å²) < 4.78 is 35.1. The summed E-state index contributed by atoms with van der Waals surface area (Å²) in [6, 6.07) is 2.25. The fourth-order valence-electron chi connectivity index (χ4n) is 2.70. The number of aromatic nitrogens is 3. The highest BCUT2D eigenvalue weighted by atomic mass is 79.9. The number of rotatable bonds is 5. The normalized spacial score (nSPS) is 11.2. The average Bonchev–Trinajstić information content (AvgIpc) is 3.01. The van der Waals surface area contributed by atoms with Gasteiger partial charge in [-0.25, -0.2) is 18.7 Å². The van der Waals surface area contributed by atoms with Crippen LogP contribution < -0.4 is 4.74 Å². The second-order valence-electron chi connectivity index (χ2n) is 5.36. The van der Waals surface area contributed by atoms with Crippen molar-refractivity contribution in [3.8, 4) is 5.75 Å². The van der Waals surface area contributed by atoms with E-state index in [2.05, 4.69) is 25.9 Å². The molecule has 0 spiro atoms. The third-order valence-electron chi connectivity index (χ3n) is 3.95. The van der Waals surface area contributed by atoms with Gasteiger partial charge in [0.25, 0.3) is 0 Å². The van der Waals surface area contributed by atoms with Crippen molar-refractivity contribution in [2.45, 2.75) is 26.2 Å². The summed E-state index contributed by atoms with van der Waals surface area (Å²) >= 11 is 3.49. The molecule has 0 bridgehead atoms. The molecule has 3 aromatic rings. The largest absolute Gasteiger partial charge is 0.494 e. The third kappa shape index (κ3) is 3.00. The number of ether oxygens (including phenoxy) is 1. The predicted octanol–water partition coefficient (Wildman–Crippen LogP) is 4.13. The molecule has 0 saturated heterocycles. The van der Waals surface area contributed by atoms with Crippen LogP contribution in [0.1, 0.15) is 24.0 Å². The van der Waals surface area contributed by atoms with Gasteiger partial charge in [-0.3, -0.25) is 4.40 Å². The Labute approximate surface area is 146 Å². The molecule has 126 valence electrons. The molecule has 3 rings (SSSR count). The molecule has 2 aromatic heterocycles. The van der Waals surface area contributed by atoms with E-state index >= 15 is 0 Å². The van der Waals surface area contributed by atoms with Gasteiger partial charge in [-0.1, -0.05) is 6.92 Å². The molecule has 0 aliphatic rings. The summed E-state index contributed by atoms with van der Waals surface area (Å²) in [6.45, 7) is 2.04. The van der Waals surface area contributed by atoms with E-state index < -0.39 is 11.6 Å². The molecular formula is C17H16BrF2N3O. The molecule has 0 unspecified atom stereocenters. The van der Waals surface area contributed by atoms with Crippen molar-refractivity contribution < 1.29 is 13.5 Å². The lowest BCUT2D eigenvalue weighted by Gasteiger charge is -2.09. The van der Waals surface area contributed by atoms with Gasteiger partial charge in [-0.2, -0.15) is 0 Å². The number of hydrogen-bond acceptors (Lipinski definition) is 3. The third-order valence-corrected chi connectivity index (χ3v) is 4.53. The zero-order valence-electron chi connectivity index (χ0n) is 13.3. The van der Waals surface area contributed by atoms with Crippen LogP contribution in [0.15, 0.2) is 29.1 Å². The van der Waals surface area contributed by atoms with Crippen molar-refractivity contribution in [1.82, 2.24) is 14.4 Å². The monoisotopic (exact) mass is 395 g/mol. The molecule has 0 aliphatic carbocycles. The maximum absolute atomic E-state index is 14.0. The number of methoxy groups -OCH3 is 1.